The number of aromatic nitrogens is 1. The van der Waals surface area contributed by atoms with Crippen molar-refractivity contribution in [3.8, 4) is 28.5 Å². The number of carbonyl (C=O) groups is 2. The Morgan fingerprint density at radius 2 is 2.12 bits per heavy atom. The maximum Gasteiger partial charge on any atom is 0.265 e. The van der Waals surface area contributed by atoms with Crippen molar-refractivity contribution >= 4 is 34.0 Å². The monoisotopic (exact) mass is 465 g/mol. The number of amides is 2. The van der Waals surface area contributed by atoms with E-state index in [0.717, 1.165) is 16.1 Å². The Bertz CT molecular complexity index is 1210. The van der Waals surface area contributed by atoms with Crippen molar-refractivity contribution in [1.29, 1.82) is 0 Å². The normalized spacial score (nSPS) is 12.5. The lowest BCUT2D eigenvalue weighted by atomic mass is 10.1. The first-order chi connectivity index (χ1) is 16.0. The zero-order valence-corrected chi connectivity index (χ0v) is 19.1. The van der Waals surface area contributed by atoms with Crippen LogP contribution in [0, 0.1) is 6.92 Å². The SMILES string of the molecule is C=CCN1C(=O)COc2ccc(-c3nc(NC(=O)COc4cccc(OC)c4)sc3C)cc21. The molecule has 4 rings (SSSR count). The summed E-state index contributed by atoms with van der Waals surface area (Å²) in [5.41, 5.74) is 2.22. The number of benzene rings is 2. The number of carbonyl (C=O) groups excluding carboxylic acids is 2. The van der Waals surface area contributed by atoms with Gasteiger partial charge in [0, 0.05) is 23.1 Å². The van der Waals surface area contributed by atoms with Crippen LogP contribution in [0.3, 0.4) is 0 Å². The quantitative estimate of drug-likeness (QED) is 0.505. The predicted molar refractivity (Wildman–Crippen MR) is 127 cm³/mol. The van der Waals surface area contributed by atoms with E-state index in [1.54, 1.807) is 42.4 Å². The van der Waals surface area contributed by atoms with E-state index in [1.807, 2.05) is 25.1 Å². The van der Waals surface area contributed by atoms with E-state index in [0.29, 0.717) is 34.6 Å². The lowest BCUT2D eigenvalue weighted by Gasteiger charge is -2.28. The van der Waals surface area contributed by atoms with Gasteiger partial charge in [-0.3, -0.25) is 14.9 Å². The van der Waals surface area contributed by atoms with Gasteiger partial charge in [-0.25, -0.2) is 4.98 Å². The Kier molecular flexibility index (Phi) is 6.60. The van der Waals surface area contributed by atoms with Crippen molar-refractivity contribution in [1.82, 2.24) is 4.98 Å². The van der Waals surface area contributed by atoms with Crippen molar-refractivity contribution in [2.75, 3.05) is 37.1 Å². The fraction of sp³-hybridized carbons (Fsp3) is 0.208. The van der Waals surface area contributed by atoms with E-state index in [4.69, 9.17) is 14.2 Å². The van der Waals surface area contributed by atoms with Crippen LogP contribution in [0.25, 0.3) is 11.3 Å². The van der Waals surface area contributed by atoms with Crippen molar-refractivity contribution in [3.05, 3.63) is 60.0 Å². The van der Waals surface area contributed by atoms with Crippen molar-refractivity contribution in [3.63, 3.8) is 0 Å². The molecule has 2 heterocycles. The fourth-order valence-corrected chi connectivity index (χ4v) is 4.24. The van der Waals surface area contributed by atoms with E-state index >= 15 is 0 Å². The lowest BCUT2D eigenvalue weighted by molar-refractivity contribution is -0.121. The minimum absolute atomic E-state index is 0.00390. The van der Waals surface area contributed by atoms with Gasteiger partial charge in [-0.2, -0.15) is 0 Å². The predicted octanol–water partition coefficient (Wildman–Crippen LogP) is 4.06. The molecule has 0 unspecified atom stereocenters. The van der Waals surface area contributed by atoms with E-state index < -0.39 is 0 Å². The first kappa shape index (κ1) is 22.3. The zero-order valence-electron chi connectivity index (χ0n) is 18.3. The summed E-state index contributed by atoms with van der Waals surface area (Å²) in [5.74, 6) is 1.38. The third kappa shape index (κ3) is 4.98. The number of rotatable bonds is 8. The molecule has 9 heteroatoms. The molecule has 8 nitrogen and oxygen atoms in total. The van der Waals surface area contributed by atoms with E-state index in [1.165, 1.54) is 11.3 Å². The van der Waals surface area contributed by atoms with E-state index in [2.05, 4.69) is 16.9 Å². The molecule has 1 aliphatic heterocycles. The average Bonchev–Trinajstić information content (AvgIpc) is 3.19. The van der Waals surface area contributed by atoms with Gasteiger partial charge in [-0.15, -0.1) is 17.9 Å². The molecule has 1 aromatic heterocycles. The van der Waals surface area contributed by atoms with Crippen LogP contribution < -0.4 is 24.4 Å². The molecule has 0 saturated carbocycles. The molecule has 170 valence electrons. The molecule has 1 aliphatic rings. The van der Waals surface area contributed by atoms with Crippen LogP contribution in [0.1, 0.15) is 4.88 Å². The number of nitrogens with one attached hydrogen (secondary N) is 1. The molecule has 0 atom stereocenters. The van der Waals surface area contributed by atoms with Gasteiger partial charge in [-0.05, 0) is 37.3 Å². The van der Waals surface area contributed by atoms with Crippen molar-refractivity contribution in [2.24, 2.45) is 0 Å². The number of hydrogen-bond donors (Lipinski definition) is 1. The van der Waals surface area contributed by atoms with Crippen LogP contribution >= 0.6 is 11.3 Å². The summed E-state index contributed by atoms with van der Waals surface area (Å²) < 4.78 is 16.2. The maximum atomic E-state index is 12.4. The molecule has 0 saturated heterocycles. The highest BCUT2D eigenvalue weighted by molar-refractivity contribution is 7.16. The summed E-state index contributed by atoms with van der Waals surface area (Å²) >= 11 is 1.37. The summed E-state index contributed by atoms with van der Waals surface area (Å²) in [6, 6.07) is 12.6. The Hall–Kier alpha value is -3.85. The number of nitrogens with zero attached hydrogens (tertiary/aromatic N) is 2. The number of aryl methyl sites for hydroxylation is 1. The second-order valence-electron chi connectivity index (χ2n) is 7.20. The average molecular weight is 466 g/mol. The third-order valence-corrected chi connectivity index (χ3v) is 5.83. The molecule has 0 radical (unpaired) electrons. The summed E-state index contributed by atoms with van der Waals surface area (Å²) in [7, 11) is 1.57. The number of methoxy groups -OCH3 is 1. The number of thiazole rings is 1. The second-order valence-corrected chi connectivity index (χ2v) is 8.41. The minimum atomic E-state index is -0.320. The van der Waals surface area contributed by atoms with Crippen LogP contribution in [-0.2, 0) is 9.59 Å². The first-order valence-electron chi connectivity index (χ1n) is 10.2. The molecule has 3 aromatic rings. The molecule has 0 aliphatic carbocycles. The summed E-state index contributed by atoms with van der Waals surface area (Å²) in [6.07, 6.45) is 1.68. The standard InChI is InChI=1S/C24H23N3O5S/c1-4-10-27-19-11-16(8-9-20(19)32-14-22(27)29)23-15(2)33-24(26-23)25-21(28)13-31-18-7-5-6-17(12-18)30-3/h4-9,11-12H,1,10,13-14H2,2-3H3,(H,25,26,28). The van der Waals surface area contributed by atoms with E-state index in [-0.39, 0.29) is 25.0 Å². The number of hydrogen-bond acceptors (Lipinski definition) is 7. The molecule has 33 heavy (non-hydrogen) atoms. The lowest BCUT2D eigenvalue weighted by Crippen LogP contribution is -2.38. The highest BCUT2D eigenvalue weighted by Gasteiger charge is 2.25. The largest absolute Gasteiger partial charge is 0.497 e. The molecular formula is C24H23N3O5S. The van der Waals surface area contributed by atoms with Gasteiger partial charge in [0.15, 0.2) is 18.3 Å². The topological polar surface area (TPSA) is 90.0 Å². The molecule has 0 fully saturated rings. The second kappa shape index (κ2) is 9.74. The van der Waals surface area contributed by atoms with Crippen LogP contribution in [0.15, 0.2) is 55.1 Å². The van der Waals surface area contributed by atoms with Crippen molar-refractivity contribution < 1.29 is 23.8 Å². The van der Waals surface area contributed by atoms with Gasteiger partial charge < -0.3 is 19.1 Å². The zero-order chi connectivity index (χ0) is 23.4. The van der Waals surface area contributed by atoms with Crippen LogP contribution in [0.5, 0.6) is 17.2 Å². The molecule has 0 spiro atoms. The Labute approximate surface area is 195 Å². The van der Waals surface area contributed by atoms with Gasteiger partial charge in [0.1, 0.15) is 17.2 Å². The van der Waals surface area contributed by atoms with Crippen LogP contribution in [-0.4, -0.2) is 43.7 Å². The molecule has 2 amide bonds. The Morgan fingerprint density at radius 1 is 1.30 bits per heavy atom. The van der Waals surface area contributed by atoms with Gasteiger partial charge in [0.2, 0.25) is 0 Å². The summed E-state index contributed by atoms with van der Waals surface area (Å²) in [6.45, 7) is 5.90. The number of anilines is 2. The number of ether oxygens (including phenoxy) is 3. The molecule has 0 bridgehead atoms. The Balaban J connectivity index is 1.48. The molecular weight excluding hydrogens is 442 g/mol. The molecule has 2 aromatic carbocycles. The smallest absolute Gasteiger partial charge is 0.265 e. The highest BCUT2D eigenvalue weighted by Crippen LogP contribution is 2.38. The maximum absolute atomic E-state index is 12.4. The highest BCUT2D eigenvalue weighted by atomic mass is 32.1. The summed E-state index contributed by atoms with van der Waals surface area (Å²) in [4.78, 5) is 31.8. The third-order valence-electron chi connectivity index (χ3n) is 4.94. The fourth-order valence-electron chi connectivity index (χ4n) is 3.39. The number of fused-ring (bicyclic) bond motifs is 1. The Morgan fingerprint density at radius 3 is 2.91 bits per heavy atom. The summed E-state index contributed by atoms with van der Waals surface area (Å²) in [5, 5.41) is 3.25. The van der Waals surface area contributed by atoms with Gasteiger partial charge in [-0.1, -0.05) is 12.1 Å². The van der Waals surface area contributed by atoms with E-state index in [9.17, 15) is 9.59 Å². The van der Waals surface area contributed by atoms with Crippen LogP contribution in [0.4, 0.5) is 10.8 Å². The van der Waals surface area contributed by atoms with Gasteiger partial charge in [0.05, 0.1) is 18.5 Å². The van der Waals surface area contributed by atoms with Gasteiger partial charge >= 0.3 is 0 Å². The minimum Gasteiger partial charge on any atom is -0.497 e. The van der Waals surface area contributed by atoms with Crippen LogP contribution in [0.2, 0.25) is 0 Å². The first-order valence-corrected chi connectivity index (χ1v) is 11.0. The molecule has 1 N–H and O–H groups in total. The van der Waals surface area contributed by atoms with Gasteiger partial charge in [0.25, 0.3) is 11.8 Å². The van der Waals surface area contributed by atoms with Crippen molar-refractivity contribution in [2.45, 2.75) is 6.92 Å².